The fraction of sp³-hybridized carbons (Fsp3) is 0.800. The maximum absolute atomic E-state index is 12.5. The van der Waals surface area contributed by atoms with Gasteiger partial charge in [-0.25, -0.2) is 0 Å². The predicted molar refractivity (Wildman–Crippen MR) is 91.5 cm³/mol. The van der Waals surface area contributed by atoms with Crippen LogP contribution in [0.3, 0.4) is 0 Å². The number of hydrogen-bond donors (Lipinski definition) is 0. The maximum Gasteiger partial charge on any atom is 0.138 e. The summed E-state index contributed by atoms with van der Waals surface area (Å²) in [5, 5.41) is 5.13. The molecule has 3 nitrogen and oxygen atoms in total. The molecule has 0 aromatic carbocycles. The lowest BCUT2D eigenvalue weighted by atomic mass is 9.51. The van der Waals surface area contributed by atoms with Crippen molar-refractivity contribution in [2.24, 2.45) is 11.3 Å². The summed E-state index contributed by atoms with van der Waals surface area (Å²) in [6.07, 6.45) is 12.9. The molecule has 23 heavy (non-hydrogen) atoms. The molecule has 4 rings (SSSR count). The molecule has 1 heterocycles. The highest BCUT2D eigenvalue weighted by atomic mass is 16.1. The molecular formula is C20H30N2O. The summed E-state index contributed by atoms with van der Waals surface area (Å²) in [5.41, 5.74) is 2.67. The minimum absolute atomic E-state index is 0.0882. The van der Waals surface area contributed by atoms with Crippen LogP contribution in [0.15, 0.2) is 6.20 Å². The first-order chi connectivity index (χ1) is 10.9. The lowest BCUT2D eigenvalue weighted by molar-refractivity contribution is -0.137. The van der Waals surface area contributed by atoms with Crippen LogP contribution in [0, 0.1) is 11.3 Å². The van der Waals surface area contributed by atoms with Crippen molar-refractivity contribution in [3.63, 3.8) is 0 Å². The van der Waals surface area contributed by atoms with E-state index in [1.807, 2.05) is 0 Å². The maximum atomic E-state index is 12.5. The molecule has 0 radical (unpaired) electrons. The van der Waals surface area contributed by atoms with Gasteiger partial charge in [0.1, 0.15) is 5.78 Å². The SMILES string of the molecule is CC1(C)C(=O)CC[C@]2(C)c3nn(C4CCCCC4)cc3CC[C@@H]12. The zero-order valence-corrected chi connectivity index (χ0v) is 14.9. The third kappa shape index (κ3) is 2.22. The van der Waals surface area contributed by atoms with Crippen molar-refractivity contribution in [1.82, 2.24) is 9.78 Å². The van der Waals surface area contributed by atoms with E-state index in [4.69, 9.17) is 5.10 Å². The number of hydrogen-bond acceptors (Lipinski definition) is 2. The third-order valence-corrected chi connectivity index (χ3v) is 7.23. The van der Waals surface area contributed by atoms with Gasteiger partial charge in [0, 0.05) is 23.4 Å². The Morgan fingerprint density at radius 3 is 2.57 bits per heavy atom. The van der Waals surface area contributed by atoms with Crippen LogP contribution in [-0.2, 0) is 16.6 Å². The van der Waals surface area contributed by atoms with Gasteiger partial charge in [0.25, 0.3) is 0 Å². The topological polar surface area (TPSA) is 34.9 Å². The minimum atomic E-state index is -0.195. The van der Waals surface area contributed by atoms with E-state index in [2.05, 4.69) is 31.6 Å². The number of ketones is 1. The summed E-state index contributed by atoms with van der Waals surface area (Å²) in [6.45, 7) is 6.71. The molecule has 126 valence electrons. The van der Waals surface area contributed by atoms with Crippen LogP contribution < -0.4 is 0 Å². The van der Waals surface area contributed by atoms with Crippen LogP contribution in [-0.4, -0.2) is 15.6 Å². The molecule has 0 unspecified atom stereocenters. The fourth-order valence-corrected chi connectivity index (χ4v) is 5.75. The van der Waals surface area contributed by atoms with Crippen molar-refractivity contribution in [2.45, 2.75) is 90.0 Å². The van der Waals surface area contributed by atoms with Gasteiger partial charge < -0.3 is 0 Å². The van der Waals surface area contributed by atoms with E-state index in [9.17, 15) is 4.79 Å². The van der Waals surface area contributed by atoms with Gasteiger partial charge in [-0.3, -0.25) is 9.48 Å². The number of nitrogens with zero attached hydrogens (tertiary/aromatic N) is 2. The second kappa shape index (κ2) is 5.19. The molecule has 3 aliphatic carbocycles. The van der Waals surface area contributed by atoms with Gasteiger partial charge in [-0.1, -0.05) is 40.0 Å². The van der Waals surface area contributed by atoms with Gasteiger partial charge in [-0.2, -0.15) is 5.10 Å². The number of aromatic nitrogens is 2. The van der Waals surface area contributed by atoms with E-state index in [-0.39, 0.29) is 10.8 Å². The minimum Gasteiger partial charge on any atom is -0.299 e. The zero-order valence-electron chi connectivity index (χ0n) is 14.9. The molecule has 2 atom stereocenters. The number of rotatable bonds is 1. The van der Waals surface area contributed by atoms with Crippen LogP contribution >= 0.6 is 0 Å². The van der Waals surface area contributed by atoms with Crippen LogP contribution in [0.2, 0.25) is 0 Å². The van der Waals surface area contributed by atoms with Gasteiger partial charge in [0.15, 0.2) is 0 Å². The summed E-state index contributed by atoms with van der Waals surface area (Å²) < 4.78 is 2.29. The molecule has 0 spiro atoms. The Morgan fingerprint density at radius 1 is 1.09 bits per heavy atom. The lowest BCUT2D eigenvalue weighted by Gasteiger charge is -2.51. The van der Waals surface area contributed by atoms with Crippen LogP contribution in [0.4, 0.5) is 0 Å². The molecule has 2 saturated carbocycles. The first-order valence-corrected chi connectivity index (χ1v) is 9.55. The largest absolute Gasteiger partial charge is 0.299 e. The average Bonchev–Trinajstić information content (AvgIpc) is 2.98. The molecule has 3 heteroatoms. The Morgan fingerprint density at radius 2 is 1.83 bits per heavy atom. The Balaban J connectivity index is 1.71. The van der Waals surface area contributed by atoms with Crippen molar-refractivity contribution < 1.29 is 4.79 Å². The second-order valence-electron chi connectivity index (χ2n) is 8.93. The third-order valence-electron chi connectivity index (χ3n) is 7.23. The highest BCUT2D eigenvalue weighted by Crippen LogP contribution is 2.55. The monoisotopic (exact) mass is 314 g/mol. The molecule has 1 aromatic rings. The van der Waals surface area contributed by atoms with E-state index >= 15 is 0 Å². The summed E-state index contributed by atoms with van der Waals surface area (Å²) in [7, 11) is 0. The van der Waals surface area contributed by atoms with Crippen molar-refractivity contribution >= 4 is 5.78 Å². The average molecular weight is 314 g/mol. The van der Waals surface area contributed by atoms with E-state index in [0.717, 1.165) is 25.7 Å². The summed E-state index contributed by atoms with van der Waals surface area (Å²) in [4.78, 5) is 12.5. The molecule has 0 bridgehead atoms. The van der Waals surface area contributed by atoms with Gasteiger partial charge in [0.05, 0.1) is 11.7 Å². The van der Waals surface area contributed by atoms with E-state index in [1.54, 1.807) is 0 Å². The summed E-state index contributed by atoms with van der Waals surface area (Å²) in [6, 6.07) is 0.606. The van der Waals surface area contributed by atoms with Crippen molar-refractivity contribution in [3.8, 4) is 0 Å². The summed E-state index contributed by atoms with van der Waals surface area (Å²) >= 11 is 0. The molecule has 1 aromatic heterocycles. The number of fused-ring (bicyclic) bond motifs is 3. The predicted octanol–water partition coefficient (Wildman–Crippen LogP) is 4.60. The Labute approximate surface area is 139 Å². The highest BCUT2D eigenvalue weighted by Gasteiger charge is 2.54. The molecular weight excluding hydrogens is 284 g/mol. The molecule has 0 saturated heterocycles. The van der Waals surface area contributed by atoms with Gasteiger partial charge in [-0.05, 0) is 43.6 Å². The zero-order chi connectivity index (χ0) is 16.2. The molecule has 3 aliphatic rings. The normalized spacial score (nSPS) is 34.0. The van der Waals surface area contributed by atoms with E-state index in [1.165, 1.54) is 43.4 Å². The molecule has 0 aliphatic heterocycles. The van der Waals surface area contributed by atoms with Crippen LogP contribution in [0.1, 0.15) is 89.4 Å². The number of carbonyl (C=O) groups is 1. The quantitative estimate of drug-likeness (QED) is 0.759. The van der Waals surface area contributed by atoms with Crippen LogP contribution in [0.25, 0.3) is 0 Å². The Kier molecular flexibility index (Phi) is 3.48. The Hall–Kier alpha value is -1.12. The molecule has 2 fully saturated rings. The van der Waals surface area contributed by atoms with Crippen molar-refractivity contribution in [2.75, 3.05) is 0 Å². The number of carbonyl (C=O) groups excluding carboxylic acids is 1. The van der Waals surface area contributed by atoms with Gasteiger partial charge in [-0.15, -0.1) is 0 Å². The van der Waals surface area contributed by atoms with Gasteiger partial charge >= 0.3 is 0 Å². The van der Waals surface area contributed by atoms with Gasteiger partial charge in [0.2, 0.25) is 0 Å². The number of Topliss-reactive ketones (excluding diaryl/α,β-unsaturated/α-hetero) is 1. The smallest absolute Gasteiger partial charge is 0.138 e. The van der Waals surface area contributed by atoms with E-state index in [0.29, 0.717) is 17.7 Å². The summed E-state index contributed by atoms with van der Waals surface area (Å²) in [5.74, 6) is 0.897. The first kappa shape index (κ1) is 15.4. The first-order valence-electron chi connectivity index (χ1n) is 9.55. The molecule has 0 amide bonds. The van der Waals surface area contributed by atoms with E-state index < -0.39 is 0 Å². The van der Waals surface area contributed by atoms with Crippen LogP contribution in [0.5, 0.6) is 0 Å². The number of aryl methyl sites for hydroxylation is 1. The van der Waals surface area contributed by atoms with Crippen molar-refractivity contribution in [3.05, 3.63) is 17.5 Å². The standard InChI is InChI=1S/C20H30N2O/c1-19(2)16-10-9-14-13-22(15-7-5-4-6-8-15)21-18(14)20(16,3)12-11-17(19)23/h13,15-16H,4-12H2,1-3H3/t16-,20-/m0/s1. The molecule has 0 N–H and O–H groups in total. The second-order valence-corrected chi connectivity index (χ2v) is 8.93. The Bertz CT molecular complexity index is 624. The highest BCUT2D eigenvalue weighted by molar-refractivity contribution is 5.86. The van der Waals surface area contributed by atoms with Crippen molar-refractivity contribution in [1.29, 1.82) is 0 Å². The fourth-order valence-electron chi connectivity index (χ4n) is 5.75. The lowest BCUT2D eigenvalue weighted by Crippen LogP contribution is -2.52.